The van der Waals surface area contributed by atoms with Gasteiger partial charge >= 0.3 is 6.03 Å². The van der Waals surface area contributed by atoms with Crippen molar-refractivity contribution in [2.75, 3.05) is 18.4 Å². The molecule has 2 N–H and O–H groups in total. The lowest BCUT2D eigenvalue weighted by atomic mass is 10.0. The van der Waals surface area contributed by atoms with E-state index in [0.29, 0.717) is 0 Å². The summed E-state index contributed by atoms with van der Waals surface area (Å²) in [5, 5.41) is 5.57. The minimum atomic E-state index is -0.418. The van der Waals surface area contributed by atoms with Crippen molar-refractivity contribution < 1.29 is 9.18 Å². The lowest BCUT2D eigenvalue weighted by Gasteiger charge is -2.32. The average molecular weight is 341 g/mol. The number of carbonyl (C=O) groups is 1. The Bertz CT molecular complexity index is 712. The van der Waals surface area contributed by atoms with Crippen LogP contribution in [0.15, 0.2) is 48.5 Å². The van der Waals surface area contributed by atoms with Gasteiger partial charge in [-0.3, -0.25) is 4.90 Å². The molecule has 0 saturated carbocycles. The Morgan fingerprint density at radius 1 is 1.16 bits per heavy atom. The van der Waals surface area contributed by atoms with Gasteiger partial charge in [0.25, 0.3) is 0 Å². The Morgan fingerprint density at radius 3 is 2.60 bits per heavy atom. The minimum Gasteiger partial charge on any atom is -0.335 e. The van der Waals surface area contributed by atoms with E-state index in [2.05, 4.69) is 39.8 Å². The summed E-state index contributed by atoms with van der Waals surface area (Å²) in [6.07, 6.45) is 1.80. The topological polar surface area (TPSA) is 44.4 Å². The number of rotatable bonds is 4. The van der Waals surface area contributed by atoms with E-state index < -0.39 is 5.82 Å². The lowest BCUT2D eigenvalue weighted by molar-refractivity contribution is 0.190. The minimum absolute atomic E-state index is 0.125. The van der Waals surface area contributed by atoms with Crippen molar-refractivity contribution in [1.29, 1.82) is 0 Å². The number of nitrogens with one attached hydrogen (secondary N) is 2. The summed E-state index contributed by atoms with van der Waals surface area (Å²) in [4.78, 5) is 14.5. The van der Waals surface area contributed by atoms with E-state index in [-0.39, 0.29) is 17.8 Å². The summed E-state index contributed by atoms with van der Waals surface area (Å²) < 4.78 is 13.7. The number of aryl methyl sites for hydroxylation is 1. The number of carbonyl (C=O) groups excluding carboxylic acids is 1. The quantitative estimate of drug-likeness (QED) is 0.885. The van der Waals surface area contributed by atoms with Crippen molar-refractivity contribution in [3.05, 3.63) is 65.5 Å². The molecule has 1 fully saturated rings. The summed E-state index contributed by atoms with van der Waals surface area (Å²) in [7, 11) is 0. The summed E-state index contributed by atoms with van der Waals surface area (Å²) in [5.41, 5.74) is 2.44. The van der Waals surface area contributed by atoms with E-state index in [1.807, 2.05) is 13.0 Å². The number of likely N-dealkylation sites (tertiary alicyclic amines) is 1. The molecule has 0 aromatic heterocycles. The normalized spacial score (nSPS) is 15.8. The number of nitrogens with zero attached hydrogens (tertiary/aromatic N) is 1. The van der Waals surface area contributed by atoms with Crippen molar-refractivity contribution >= 4 is 11.7 Å². The zero-order valence-corrected chi connectivity index (χ0v) is 14.5. The Morgan fingerprint density at radius 2 is 1.88 bits per heavy atom. The maximum absolute atomic E-state index is 13.7. The van der Waals surface area contributed by atoms with Crippen LogP contribution in [-0.4, -0.2) is 30.1 Å². The third kappa shape index (κ3) is 5.03. The molecule has 0 aliphatic carbocycles. The van der Waals surface area contributed by atoms with Crippen LogP contribution in [0.2, 0.25) is 0 Å². The van der Waals surface area contributed by atoms with Crippen LogP contribution in [0.25, 0.3) is 0 Å². The molecule has 1 heterocycles. The highest BCUT2D eigenvalue weighted by Gasteiger charge is 2.21. The van der Waals surface area contributed by atoms with Crippen LogP contribution in [0.4, 0.5) is 14.9 Å². The maximum Gasteiger partial charge on any atom is 0.319 e. The molecule has 0 spiro atoms. The van der Waals surface area contributed by atoms with Gasteiger partial charge in [-0.15, -0.1) is 0 Å². The molecular formula is C20H24FN3O. The fraction of sp³-hybridized carbons (Fsp3) is 0.350. The molecule has 0 radical (unpaired) electrons. The van der Waals surface area contributed by atoms with Crippen LogP contribution in [0.1, 0.15) is 24.0 Å². The van der Waals surface area contributed by atoms with Crippen LogP contribution >= 0.6 is 0 Å². The van der Waals surface area contributed by atoms with Gasteiger partial charge in [-0.25, -0.2) is 9.18 Å². The van der Waals surface area contributed by atoms with Crippen LogP contribution in [-0.2, 0) is 6.54 Å². The molecule has 5 heteroatoms. The van der Waals surface area contributed by atoms with Crippen LogP contribution in [0.3, 0.4) is 0 Å². The van der Waals surface area contributed by atoms with Crippen LogP contribution in [0.5, 0.6) is 0 Å². The standard InChI is InChI=1S/C20H24FN3O/c1-15-7-8-18(21)19(13-15)23-20(25)22-17-9-11-24(12-10-17)14-16-5-3-2-4-6-16/h2-8,13,17H,9-12,14H2,1H3,(H2,22,23,25). The lowest BCUT2D eigenvalue weighted by Crippen LogP contribution is -2.45. The number of piperidine rings is 1. The third-order valence-electron chi connectivity index (χ3n) is 4.54. The summed E-state index contributed by atoms with van der Waals surface area (Å²) in [6.45, 7) is 4.69. The van der Waals surface area contributed by atoms with Gasteiger partial charge in [0.2, 0.25) is 0 Å². The van der Waals surface area contributed by atoms with E-state index in [4.69, 9.17) is 0 Å². The van der Waals surface area contributed by atoms with Gasteiger partial charge < -0.3 is 10.6 Å². The Hall–Kier alpha value is -2.40. The number of urea groups is 1. The molecule has 3 rings (SSSR count). The molecule has 1 saturated heterocycles. The number of halogens is 1. The molecule has 2 aromatic carbocycles. The van der Waals surface area contributed by atoms with Crippen molar-refractivity contribution in [3.8, 4) is 0 Å². The molecule has 1 aliphatic heterocycles. The number of hydrogen-bond donors (Lipinski definition) is 2. The molecule has 25 heavy (non-hydrogen) atoms. The predicted molar refractivity (Wildman–Crippen MR) is 98.0 cm³/mol. The zero-order chi connectivity index (χ0) is 17.6. The van der Waals surface area contributed by atoms with E-state index >= 15 is 0 Å². The van der Waals surface area contributed by atoms with Gasteiger partial charge in [-0.05, 0) is 43.0 Å². The number of hydrogen-bond acceptors (Lipinski definition) is 2. The predicted octanol–water partition coefficient (Wildman–Crippen LogP) is 3.92. The molecule has 1 aliphatic rings. The first kappa shape index (κ1) is 17.4. The van der Waals surface area contributed by atoms with Gasteiger partial charge in [0, 0.05) is 25.7 Å². The smallest absolute Gasteiger partial charge is 0.319 e. The highest BCUT2D eigenvalue weighted by molar-refractivity contribution is 5.89. The van der Waals surface area contributed by atoms with E-state index in [9.17, 15) is 9.18 Å². The number of amides is 2. The molecule has 0 bridgehead atoms. The molecular weight excluding hydrogens is 317 g/mol. The van der Waals surface area contributed by atoms with Gasteiger partial charge in [-0.1, -0.05) is 36.4 Å². The fourth-order valence-corrected chi connectivity index (χ4v) is 3.16. The SMILES string of the molecule is Cc1ccc(F)c(NC(=O)NC2CCN(Cc3ccccc3)CC2)c1. The van der Waals surface area contributed by atoms with E-state index in [0.717, 1.165) is 38.0 Å². The molecule has 2 amide bonds. The van der Waals surface area contributed by atoms with Gasteiger partial charge in [-0.2, -0.15) is 0 Å². The number of anilines is 1. The first-order chi connectivity index (χ1) is 12.1. The molecule has 2 aromatic rings. The Balaban J connectivity index is 1.45. The van der Waals surface area contributed by atoms with Crippen molar-refractivity contribution in [2.45, 2.75) is 32.4 Å². The zero-order valence-electron chi connectivity index (χ0n) is 14.5. The van der Waals surface area contributed by atoms with Crippen molar-refractivity contribution in [3.63, 3.8) is 0 Å². The molecule has 132 valence electrons. The second-order valence-corrected chi connectivity index (χ2v) is 6.62. The average Bonchev–Trinajstić information content (AvgIpc) is 2.61. The highest BCUT2D eigenvalue weighted by Crippen LogP contribution is 2.17. The van der Waals surface area contributed by atoms with E-state index in [1.165, 1.54) is 11.6 Å². The van der Waals surface area contributed by atoms with Gasteiger partial charge in [0.1, 0.15) is 5.82 Å². The highest BCUT2D eigenvalue weighted by atomic mass is 19.1. The first-order valence-corrected chi connectivity index (χ1v) is 8.70. The molecule has 0 atom stereocenters. The van der Waals surface area contributed by atoms with Gasteiger partial charge in [0.05, 0.1) is 5.69 Å². The van der Waals surface area contributed by atoms with Crippen molar-refractivity contribution in [1.82, 2.24) is 10.2 Å². The summed E-state index contributed by atoms with van der Waals surface area (Å²) >= 11 is 0. The number of benzene rings is 2. The molecule has 4 nitrogen and oxygen atoms in total. The second kappa shape index (κ2) is 8.12. The van der Waals surface area contributed by atoms with E-state index in [1.54, 1.807) is 12.1 Å². The Labute approximate surface area is 148 Å². The molecule has 0 unspecified atom stereocenters. The fourth-order valence-electron chi connectivity index (χ4n) is 3.16. The van der Waals surface area contributed by atoms with Crippen molar-refractivity contribution in [2.24, 2.45) is 0 Å². The Kier molecular flexibility index (Phi) is 5.66. The summed E-state index contributed by atoms with van der Waals surface area (Å²) in [6, 6.07) is 14.9. The second-order valence-electron chi connectivity index (χ2n) is 6.62. The largest absolute Gasteiger partial charge is 0.335 e. The maximum atomic E-state index is 13.7. The van der Waals surface area contributed by atoms with Crippen LogP contribution in [0, 0.1) is 12.7 Å². The van der Waals surface area contributed by atoms with Crippen LogP contribution < -0.4 is 10.6 Å². The van der Waals surface area contributed by atoms with Gasteiger partial charge in [0.15, 0.2) is 0 Å². The third-order valence-corrected chi connectivity index (χ3v) is 4.54. The summed E-state index contributed by atoms with van der Waals surface area (Å²) in [5.74, 6) is -0.418. The first-order valence-electron chi connectivity index (χ1n) is 8.70. The monoisotopic (exact) mass is 341 g/mol.